The van der Waals surface area contributed by atoms with E-state index in [0.717, 1.165) is 10.0 Å². The maximum Gasteiger partial charge on any atom is 0.251 e. The number of aryl methyl sites for hydroxylation is 1. The first-order valence-corrected chi connectivity index (χ1v) is 6.15. The summed E-state index contributed by atoms with van der Waals surface area (Å²) in [5.41, 5.74) is 7.72. The van der Waals surface area contributed by atoms with E-state index in [4.69, 9.17) is 5.73 Å². The van der Waals surface area contributed by atoms with E-state index in [1.807, 2.05) is 13.2 Å². The zero-order valence-corrected chi connectivity index (χ0v) is 11.4. The predicted molar refractivity (Wildman–Crippen MR) is 72.9 cm³/mol. The second-order valence-corrected chi connectivity index (χ2v) is 4.89. The minimum atomic E-state index is -0.160. The highest BCUT2D eigenvalue weighted by atomic mass is 79.9. The van der Waals surface area contributed by atoms with Gasteiger partial charge >= 0.3 is 0 Å². The van der Waals surface area contributed by atoms with Crippen molar-refractivity contribution in [3.05, 3.63) is 46.2 Å². The molecule has 0 fully saturated rings. The summed E-state index contributed by atoms with van der Waals surface area (Å²) >= 11 is 3.31. The average molecular weight is 309 g/mol. The SMILES string of the molecule is Cn1cc(CNC(=O)c2cc(N)cc(Br)c2)cn1. The molecule has 1 aromatic carbocycles. The molecule has 0 unspecified atom stereocenters. The van der Waals surface area contributed by atoms with Gasteiger partial charge in [-0.05, 0) is 18.2 Å². The van der Waals surface area contributed by atoms with Crippen LogP contribution in [0.5, 0.6) is 0 Å². The number of halogens is 1. The van der Waals surface area contributed by atoms with Crippen molar-refractivity contribution in [3.8, 4) is 0 Å². The number of anilines is 1. The lowest BCUT2D eigenvalue weighted by molar-refractivity contribution is 0.0951. The van der Waals surface area contributed by atoms with E-state index in [1.54, 1.807) is 29.1 Å². The van der Waals surface area contributed by atoms with Crippen LogP contribution in [0, 0.1) is 0 Å². The van der Waals surface area contributed by atoms with Crippen molar-refractivity contribution in [3.63, 3.8) is 0 Å². The molecule has 0 aliphatic carbocycles. The summed E-state index contributed by atoms with van der Waals surface area (Å²) in [6, 6.07) is 5.12. The Hall–Kier alpha value is -1.82. The molecule has 1 amide bonds. The Balaban J connectivity index is 2.03. The van der Waals surface area contributed by atoms with Gasteiger partial charge in [-0.25, -0.2) is 0 Å². The summed E-state index contributed by atoms with van der Waals surface area (Å²) in [6.45, 7) is 0.444. The molecule has 0 spiro atoms. The van der Waals surface area contributed by atoms with E-state index >= 15 is 0 Å². The molecule has 3 N–H and O–H groups in total. The van der Waals surface area contributed by atoms with Crippen LogP contribution in [0.25, 0.3) is 0 Å². The van der Waals surface area contributed by atoms with Crippen LogP contribution >= 0.6 is 15.9 Å². The average Bonchev–Trinajstić information content (AvgIpc) is 2.70. The summed E-state index contributed by atoms with van der Waals surface area (Å²) < 4.78 is 2.48. The first kappa shape index (κ1) is 12.6. The summed E-state index contributed by atoms with van der Waals surface area (Å²) in [5, 5.41) is 6.85. The molecule has 18 heavy (non-hydrogen) atoms. The summed E-state index contributed by atoms with van der Waals surface area (Å²) in [4.78, 5) is 11.9. The summed E-state index contributed by atoms with van der Waals surface area (Å²) in [6.07, 6.45) is 3.57. The highest BCUT2D eigenvalue weighted by molar-refractivity contribution is 9.10. The molecule has 6 heteroatoms. The standard InChI is InChI=1S/C12H13BrN4O/c1-17-7-8(6-16-17)5-15-12(18)9-2-10(13)4-11(14)3-9/h2-4,6-7H,5,14H2,1H3,(H,15,18). The molecule has 0 aliphatic rings. The normalized spacial score (nSPS) is 10.3. The van der Waals surface area contributed by atoms with Crippen LogP contribution in [0.1, 0.15) is 15.9 Å². The molecule has 0 saturated carbocycles. The van der Waals surface area contributed by atoms with Gasteiger partial charge in [0.25, 0.3) is 5.91 Å². The molecule has 94 valence electrons. The van der Waals surface area contributed by atoms with Gasteiger partial charge in [0.2, 0.25) is 0 Å². The third kappa shape index (κ3) is 3.10. The van der Waals surface area contributed by atoms with Crippen molar-refractivity contribution in [1.82, 2.24) is 15.1 Å². The minimum Gasteiger partial charge on any atom is -0.399 e. The third-order valence-electron chi connectivity index (χ3n) is 2.39. The van der Waals surface area contributed by atoms with Gasteiger partial charge < -0.3 is 11.1 Å². The molecule has 0 aliphatic heterocycles. The highest BCUT2D eigenvalue weighted by Gasteiger charge is 2.07. The second kappa shape index (κ2) is 5.22. The fourth-order valence-electron chi connectivity index (χ4n) is 1.59. The Morgan fingerprint density at radius 1 is 1.50 bits per heavy atom. The third-order valence-corrected chi connectivity index (χ3v) is 2.85. The molecule has 2 aromatic rings. The van der Waals surface area contributed by atoms with Gasteiger partial charge in [-0.1, -0.05) is 15.9 Å². The molecule has 2 rings (SSSR count). The largest absolute Gasteiger partial charge is 0.399 e. The lowest BCUT2D eigenvalue weighted by Crippen LogP contribution is -2.22. The van der Waals surface area contributed by atoms with Crippen molar-refractivity contribution in [2.75, 3.05) is 5.73 Å². The van der Waals surface area contributed by atoms with Gasteiger partial charge in [0.15, 0.2) is 0 Å². The summed E-state index contributed by atoms with van der Waals surface area (Å²) in [5.74, 6) is -0.160. The van der Waals surface area contributed by atoms with Crippen LogP contribution in [-0.2, 0) is 13.6 Å². The van der Waals surface area contributed by atoms with Crippen molar-refractivity contribution in [2.45, 2.75) is 6.54 Å². The molecule has 1 heterocycles. The lowest BCUT2D eigenvalue weighted by atomic mass is 10.2. The van der Waals surface area contributed by atoms with E-state index in [1.165, 1.54) is 0 Å². The number of nitrogens with zero attached hydrogens (tertiary/aromatic N) is 2. The van der Waals surface area contributed by atoms with Crippen LogP contribution in [-0.4, -0.2) is 15.7 Å². The van der Waals surface area contributed by atoms with Gasteiger partial charge in [0, 0.05) is 41.1 Å². The maximum absolute atomic E-state index is 11.9. The lowest BCUT2D eigenvalue weighted by Gasteiger charge is -2.05. The van der Waals surface area contributed by atoms with Gasteiger partial charge in [-0.3, -0.25) is 9.48 Å². The Labute approximate surface area is 113 Å². The molecular formula is C12H13BrN4O. The molecule has 1 aromatic heterocycles. The first-order valence-electron chi connectivity index (χ1n) is 5.36. The van der Waals surface area contributed by atoms with Gasteiger partial charge in [-0.2, -0.15) is 5.10 Å². The summed E-state index contributed by atoms with van der Waals surface area (Å²) in [7, 11) is 1.83. The number of amides is 1. The van der Waals surface area contributed by atoms with Crippen molar-refractivity contribution >= 4 is 27.5 Å². The van der Waals surface area contributed by atoms with E-state index in [9.17, 15) is 4.79 Å². The fourth-order valence-corrected chi connectivity index (χ4v) is 2.10. The smallest absolute Gasteiger partial charge is 0.251 e. The fraction of sp³-hybridized carbons (Fsp3) is 0.167. The Kier molecular flexibility index (Phi) is 3.66. The van der Waals surface area contributed by atoms with Crippen LogP contribution in [0.3, 0.4) is 0 Å². The Morgan fingerprint density at radius 2 is 2.28 bits per heavy atom. The van der Waals surface area contributed by atoms with Gasteiger partial charge in [0.1, 0.15) is 0 Å². The van der Waals surface area contributed by atoms with Crippen LogP contribution in [0.4, 0.5) is 5.69 Å². The number of hydrogen-bond acceptors (Lipinski definition) is 3. The molecule has 0 bridgehead atoms. The molecule has 5 nitrogen and oxygen atoms in total. The highest BCUT2D eigenvalue weighted by Crippen LogP contribution is 2.17. The number of rotatable bonds is 3. The monoisotopic (exact) mass is 308 g/mol. The van der Waals surface area contributed by atoms with Crippen molar-refractivity contribution < 1.29 is 4.79 Å². The predicted octanol–water partition coefficient (Wildman–Crippen LogP) is 1.69. The molecular weight excluding hydrogens is 296 g/mol. The number of hydrogen-bond donors (Lipinski definition) is 2. The number of carbonyl (C=O) groups is 1. The number of benzene rings is 1. The molecule has 0 saturated heterocycles. The molecule has 0 radical (unpaired) electrons. The van der Waals surface area contributed by atoms with Crippen LogP contribution in [0.2, 0.25) is 0 Å². The van der Waals surface area contributed by atoms with Crippen LogP contribution in [0.15, 0.2) is 35.1 Å². The minimum absolute atomic E-state index is 0.160. The Bertz CT molecular complexity index is 559. The topological polar surface area (TPSA) is 72.9 Å². The van der Waals surface area contributed by atoms with Crippen LogP contribution < -0.4 is 11.1 Å². The van der Waals surface area contributed by atoms with Crippen molar-refractivity contribution in [2.24, 2.45) is 7.05 Å². The van der Waals surface area contributed by atoms with Gasteiger partial charge in [0.05, 0.1) is 6.20 Å². The number of nitrogen functional groups attached to an aromatic ring is 1. The number of nitrogens with two attached hydrogens (primary N) is 1. The zero-order valence-electron chi connectivity index (χ0n) is 9.85. The quantitative estimate of drug-likeness (QED) is 0.848. The maximum atomic E-state index is 11.9. The Morgan fingerprint density at radius 3 is 2.89 bits per heavy atom. The van der Waals surface area contributed by atoms with Gasteiger partial charge in [-0.15, -0.1) is 0 Å². The van der Waals surface area contributed by atoms with E-state index in [0.29, 0.717) is 17.8 Å². The number of aromatic nitrogens is 2. The number of carbonyl (C=O) groups excluding carboxylic acids is 1. The first-order chi connectivity index (χ1) is 8.54. The zero-order chi connectivity index (χ0) is 13.1. The number of nitrogens with one attached hydrogen (secondary N) is 1. The van der Waals surface area contributed by atoms with E-state index < -0.39 is 0 Å². The van der Waals surface area contributed by atoms with E-state index in [2.05, 4.69) is 26.3 Å². The molecule has 0 atom stereocenters. The second-order valence-electron chi connectivity index (χ2n) is 3.98. The van der Waals surface area contributed by atoms with Crippen molar-refractivity contribution in [1.29, 1.82) is 0 Å². The van der Waals surface area contributed by atoms with E-state index in [-0.39, 0.29) is 5.91 Å².